The molecule has 1 rings (SSSR count). The third-order valence-corrected chi connectivity index (χ3v) is 4.12. The lowest BCUT2D eigenvalue weighted by molar-refractivity contribution is 0.351. The Hall–Kier alpha value is -0.300. The van der Waals surface area contributed by atoms with Crippen molar-refractivity contribution in [1.82, 2.24) is 5.32 Å². The van der Waals surface area contributed by atoms with E-state index in [9.17, 15) is 0 Å². The van der Waals surface area contributed by atoms with Crippen LogP contribution in [0.1, 0.15) is 71.6 Å². The second-order valence-electron chi connectivity index (χ2n) is 5.66. The van der Waals surface area contributed by atoms with E-state index < -0.39 is 0 Å². The molecule has 1 saturated carbocycles. The van der Waals surface area contributed by atoms with Crippen molar-refractivity contribution in [3.05, 3.63) is 12.2 Å². The maximum absolute atomic E-state index is 4.17. The Morgan fingerprint density at radius 1 is 1.18 bits per heavy atom. The topological polar surface area (TPSA) is 12.0 Å². The molecule has 0 bridgehead atoms. The first-order valence-corrected chi connectivity index (χ1v) is 7.66. The van der Waals surface area contributed by atoms with Gasteiger partial charge in [-0.2, -0.15) is 0 Å². The van der Waals surface area contributed by atoms with Crippen LogP contribution in [0.5, 0.6) is 0 Å². The fraction of sp³-hybridized carbons (Fsp3) is 0.875. The van der Waals surface area contributed by atoms with Crippen LogP contribution in [0.4, 0.5) is 0 Å². The molecule has 17 heavy (non-hydrogen) atoms. The second kappa shape index (κ2) is 8.74. The van der Waals surface area contributed by atoms with E-state index in [1.807, 2.05) is 0 Å². The van der Waals surface area contributed by atoms with Gasteiger partial charge in [-0.3, -0.25) is 0 Å². The van der Waals surface area contributed by atoms with Crippen LogP contribution in [0.25, 0.3) is 0 Å². The monoisotopic (exact) mass is 237 g/mol. The summed E-state index contributed by atoms with van der Waals surface area (Å²) in [6.07, 6.45) is 12.4. The van der Waals surface area contributed by atoms with Crippen LogP contribution >= 0.6 is 0 Å². The molecular weight excluding hydrogens is 206 g/mol. The second-order valence-corrected chi connectivity index (χ2v) is 5.66. The van der Waals surface area contributed by atoms with E-state index in [-0.39, 0.29) is 0 Å². The Bertz CT molecular complexity index is 202. The average Bonchev–Trinajstić information content (AvgIpc) is 2.57. The average molecular weight is 237 g/mol. The Kier molecular flexibility index (Phi) is 7.59. The van der Waals surface area contributed by atoms with Gasteiger partial charge in [0, 0.05) is 6.04 Å². The van der Waals surface area contributed by atoms with Gasteiger partial charge in [0.05, 0.1) is 0 Å². The molecule has 1 atom stereocenters. The minimum atomic E-state index is 0.676. The zero-order valence-electron chi connectivity index (χ0n) is 11.9. The molecule has 0 heterocycles. The normalized spacial score (nSPS) is 19.9. The molecular formula is C16H31N. The van der Waals surface area contributed by atoms with Crippen molar-refractivity contribution in [2.75, 3.05) is 6.54 Å². The van der Waals surface area contributed by atoms with Crippen LogP contribution in [0.2, 0.25) is 0 Å². The standard InChI is InChI=1S/C16H31N/c1-4-14(3)12-16(17-5-2)13-15-10-8-6-7-9-11-15/h15-17H,3-13H2,1-2H3. The first-order chi connectivity index (χ1) is 8.26. The first-order valence-electron chi connectivity index (χ1n) is 7.66. The highest BCUT2D eigenvalue weighted by molar-refractivity contribution is 4.96. The van der Waals surface area contributed by atoms with Gasteiger partial charge >= 0.3 is 0 Å². The molecule has 0 amide bonds. The molecule has 0 aromatic heterocycles. The summed E-state index contributed by atoms with van der Waals surface area (Å²) < 4.78 is 0. The van der Waals surface area contributed by atoms with E-state index in [0.29, 0.717) is 6.04 Å². The van der Waals surface area contributed by atoms with Crippen LogP contribution in [0.15, 0.2) is 12.2 Å². The number of rotatable bonds is 7. The molecule has 1 aliphatic rings. The van der Waals surface area contributed by atoms with Crippen LogP contribution in [0, 0.1) is 5.92 Å². The van der Waals surface area contributed by atoms with Gasteiger partial charge in [0.1, 0.15) is 0 Å². The lowest BCUT2D eigenvalue weighted by Crippen LogP contribution is -2.31. The first kappa shape index (κ1) is 14.8. The summed E-state index contributed by atoms with van der Waals surface area (Å²) in [6.45, 7) is 9.69. The maximum atomic E-state index is 4.17. The lowest BCUT2D eigenvalue weighted by atomic mass is 9.89. The van der Waals surface area contributed by atoms with Crippen molar-refractivity contribution in [2.45, 2.75) is 77.7 Å². The molecule has 1 heteroatoms. The van der Waals surface area contributed by atoms with E-state index in [0.717, 1.165) is 18.9 Å². The maximum Gasteiger partial charge on any atom is 0.0107 e. The van der Waals surface area contributed by atoms with Gasteiger partial charge in [0.15, 0.2) is 0 Å². The van der Waals surface area contributed by atoms with Crippen LogP contribution in [-0.2, 0) is 0 Å². The number of nitrogens with one attached hydrogen (secondary N) is 1. The van der Waals surface area contributed by atoms with Gasteiger partial charge in [-0.1, -0.05) is 64.5 Å². The van der Waals surface area contributed by atoms with E-state index in [4.69, 9.17) is 0 Å². The van der Waals surface area contributed by atoms with Crippen LogP contribution in [0.3, 0.4) is 0 Å². The van der Waals surface area contributed by atoms with Crippen molar-refractivity contribution in [3.63, 3.8) is 0 Å². The van der Waals surface area contributed by atoms with E-state index in [1.165, 1.54) is 56.9 Å². The van der Waals surface area contributed by atoms with Crippen molar-refractivity contribution in [2.24, 2.45) is 5.92 Å². The molecule has 0 aromatic rings. The Labute approximate surface area is 108 Å². The van der Waals surface area contributed by atoms with Crippen molar-refractivity contribution in [3.8, 4) is 0 Å². The Balaban J connectivity index is 2.37. The van der Waals surface area contributed by atoms with Gasteiger partial charge in [-0.15, -0.1) is 0 Å². The minimum Gasteiger partial charge on any atom is -0.314 e. The molecule has 0 radical (unpaired) electrons. The Morgan fingerprint density at radius 2 is 1.82 bits per heavy atom. The summed E-state index contributed by atoms with van der Waals surface area (Å²) in [5.74, 6) is 0.964. The predicted molar refractivity (Wildman–Crippen MR) is 77.3 cm³/mol. The van der Waals surface area contributed by atoms with Crippen molar-refractivity contribution in [1.29, 1.82) is 0 Å². The highest BCUT2D eigenvalue weighted by atomic mass is 14.9. The lowest BCUT2D eigenvalue weighted by Gasteiger charge is -2.24. The van der Waals surface area contributed by atoms with E-state index >= 15 is 0 Å². The fourth-order valence-electron chi connectivity index (χ4n) is 3.02. The third kappa shape index (κ3) is 6.26. The van der Waals surface area contributed by atoms with E-state index in [2.05, 4.69) is 25.7 Å². The Morgan fingerprint density at radius 3 is 2.35 bits per heavy atom. The molecule has 0 saturated heterocycles. The smallest absolute Gasteiger partial charge is 0.0107 e. The summed E-state index contributed by atoms with van der Waals surface area (Å²) in [6, 6.07) is 0.676. The van der Waals surface area contributed by atoms with Crippen LogP contribution in [-0.4, -0.2) is 12.6 Å². The number of hydrogen-bond acceptors (Lipinski definition) is 1. The highest BCUT2D eigenvalue weighted by Gasteiger charge is 2.17. The van der Waals surface area contributed by atoms with Gasteiger partial charge < -0.3 is 5.32 Å². The summed E-state index contributed by atoms with van der Waals surface area (Å²) in [4.78, 5) is 0. The SMILES string of the molecule is C=C(CC)CC(CC1CCCCCC1)NCC. The van der Waals surface area contributed by atoms with E-state index in [1.54, 1.807) is 0 Å². The minimum absolute atomic E-state index is 0.676. The predicted octanol–water partition coefficient (Wildman–Crippen LogP) is 4.68. The number of hydrogen-bond donors (Lipinski definition) is 1. The molecule has 1 fully saturated rings. The zero-order valence-corrected chi connectivity index (χ0v) is 11.9. The quantitative estimate of drug-likeness (QED) is 0.501. The molecule has 1 aliphatic carbocycles. The van der Waals surface area contributed by atoms with Gasteiger partial charge in [0.2, 0.25) is 0 Å². The molecule has 0 aromatic carbocycles. The molecule has 0 aliphatic heterocycles. The van der Waals surface area contributed by atoms with Gasteiger partial charge in [-0.05, 0) is 31.7 Å². The molecule has 1 unspecified atom stereocenters. The highest BCUT2D eigenvalue weighted by Crippen LogP contribution is 2.27. The van der Waals surface area contributed by atoms with Crippen molar-refractivity contribution < 1.29 is 0 Å². The van der Waals surface area contributed by atoms with Gasteiger partial charge in [0.25, 0.3) is 0 Å². The van der Waals surface area contributed by atoms with Gasteiger partial charge in [-0.25, -0.2) is 0 Å². The van der Waals surface area contributed by atoms with Crippen molar-refractivity contribution >= 4 is 0 Å². The molecule has 1 N–H and O–H groups in total. The van der Waals surface area contributed by atoms with Crippen LogP contribution < -0.4 is 5.32 Å². The molecule has 100 valence electrons. The molecule has 1 nitrogen and oxygen atoms in total. The molecule has 0 spiro atoms. The fourth-order valence-corrected chi connectivity index (χ4v) is 3.02. The summed E-state index contributed by atoms with van der Waals surface area (Å²) in [7, 11) is 0. The summed E-state index contributed by atoms with van der Waals surface area (Å²) in [5.41, 5.74) is 1.41. The third-order valence-electron chi connectivity index (χ3n) is 4.12. The zero-order chi connectivity index (χ0) is 12.5. The summed E-state index contributed by atoms with van der Waals surface area (Å²) in [5, 5.41) is 3.65. The largest absolute Gasteiger partial charge is 0.314 e. The summed E-state index contributed by atoms with van der Waals surface area (Å²) >= 11 is 0.